The molecular weight excluding hydrogens is 164 g/mol. The molecule has 0 bridgehead atoms. The third-order valence-corrected chi connectivity index (χ3v) is 2.64. The molecule has 0 spiro atoms. The summed E-state index contributed by atoms with van der Waals surface area (Å²) in [6.45, 7) is 9.27. The summed E-state index contributed by atoms with van der Waals surface area (Å²) in [6.07, 6.45) is 0. The van der Waals surface area contributed by atoms with Gasteiger partial charge in [0.1, 0.15) is 0 Å². The monoisotopic (exact) mass is 184 g/mol. The Morgan fingerprint density at radius 3 is 2.23 bits per heavy atom. The summed E-state index contributed by atoms with van der Waals surface area (Å²) in [5, 5.41) is 6.33. The van der Waals surface area contributed by atoms with Gasteiger partial charge in [-0.05, 0) is 11.8 Å². The van der Waals surface area contributed by atoms with Crippen LogP contribution in [0.25, 0.3) is 0 Å². The van der Waals surface area contributed by atoms with Gasteiger partial charge >= 0.3 is 0 Å². The minimum Gasteiger partial charge on any atom is -0.350 e. The predicted octanol–water partition coefficient (Wildman–Crippen LogP) is 0.755. The maximum Gasteiger partial charge on any atom is 0.237 e. The molecule has 0 aromatic heterocycles. The number of rotatable bonds is 2. The molecule has 1 heterocycles. The summed E-state index contributed by atoms with van der Waals surface area (Å²) in [5.41, 5.74) is 0. The van der Waals surface area contributed by atoms with Crippen molar-refractivity contribution < 1.29 is 4.79 Å². The molecule has 3 nitrogen and oxygen atoms in total. The molecule has 1 rings (SSSR count). The zero-order chi connectivity index (χ0) is 10.0. The molecule has 0 unspecified atom stereocenters. The molecule has 1 aliphatic rings. The van der Waals surface area contributed by atoms with Crippen LogP contribution in [0.3, 0.4) is 0 Å². The van der Waals surface area contributed by atoms with Crippen molar-refractivity contribution in [3.8, 4) is 0 Å². The van der Waals surface area contributed by atoms with Gasteiger partial charge in [0.2, 0.25) is 5.91 Å². The van der Waals surface area contributed by atoms with Crippen LogP contribution in [0.5, 0.6) is 0 Å². The van der Waals surface area contributed by atoms with Gasteiger partial charge in [0, 0.05) is 12.6 Å². The van der Waals surface area contributed by atoms with Crippen LogP contribution in [0.15, 0.2) is 0 Å². The largest absolute Gasteiger partial charge is 0.350 e. The van der Waals surface area contributed by atoms with Crippen LogP contribution in [-0.4, -0.2) is 24.5 Å². The summed E-state index contributed by atoms with van der Waals surface area (Å²) in [6, 6.07) is 0.289. The van der Waals surface area contributed by atoms with Gasteiger partial charge in [-0.25, -0.2) is 0 Å². The van der Waals surface area contributed by atoms with Gasteiger partial charge in [-0.3, -0.25) is 4.79 Å². The van der Waals surface area contributed by atoms with E-state index in [-0.39, 0.29) is 11.9 Å². The van der Waals surface area contributed by atoms with Crippen LogP contribution in [0.4, 0.5) is 0 Å². The van der Waals surface area contributed by atoms with Crippen molar-refractivity contribution in [3.05, 3.63) is 0 Å². The van der Waals surface area contributed by atoms with E-state index in [2.05, 4.69) is 38.3 Å². The van der Waals surface area contributed by atoms with Crippen LogP contribution < -0.4 is 10.6 Å². The van der Waals surface area contributed by atoms with Crippen LogP contribution >= 0.6 is 0 Å². The topological polar surface area (TPSA) is 41.1 Å². The molecule has 76 valence electrons. The fourth-order valence-corrected chi connectivity index (χ4v) is 1.61. The van der Waals surface area contributed by atoms with E-state index in [0.29, 0.717) is 17.9 Å². The van der Waals surface area contributed by atoms with Crippen molar-refractivity contribution in [1.82, 2.24) is 10.6 Å². The number of carbonyl (C=O) groups is 1. The number of carbonyl (C=O) groups excluding carboxylic acids is 1. The SMILES string of the molecule is CC(C)[C@@H]1CN[C@H](C(C)C)C(=O)N1. The van der Waals surface area contributed by atoms with Gasteiger partial charge in [0.15, 0.2) is 0 Å². The van der Waals surface area contributed by atoms with E-state index in [0.717, 1.165) is 6.54 Å². The highest BCUT2D eigenvalue weighted by atomic mass is 16.2. The van der Waals surface area contributed by atoms with Crippen LogP contribution in [0.1, 0.15) is 27.7 Å². The van der Waals surface area contributed by atoms with Crippen LogP contribution in [-0.2, 0) is 4.79 Å². The predicted molar refractivity (Wildman–Crippen MR) is 53.4 cm³/mol. The molecule has 0 aromatic carbocycles. The van der Waals surface area contributed by atoms with E-state index < -0.39 is 0 Å². The second-order valence-corrected chi connectivity index (χ2v) is 4.49. The fourth-order valence-electron chi connectivity index (χ4n) is 1.61. The van der Waals surface area contributed by atoms with Gasteiger partial charge in [-0.1, -0.05) is 27.7 Å². The Balaban J connectivity index is 2.52. The molecule has 1 saturated heterocycles. The smallest absolute Gasteiger partial charge is 0.237 e. The average molecular weight is 184 g/mol. The van der Waals surface area contributed by atoms with Gasteiger partial charge in [0.25, 0.3) is 0 Å². The zero-order valence-electron chi connectivity index (χ0n) is 8.92. The lowest BCUT2D eigenvalue weighted by Gasteiger charge is -2.34. The second kappa shape index (κ2) is 4.09. The lowest BCUT2D eigenvalue weighted by Crippen LogP contribution is -2.61. The Hall–Kier alpha value is -0.570. The fraction of sp³-hybridized carbons (Fsp3) is 0.900. The zero-order valence-corrected chi connectivity index (χ0v) is 8.92. The Bertz CT molecular complexity index is 189. The van der Waals surface area contributed by atoms with E-state index in [1.165, 1.54) is 0 Å². The lowest BCUT2D eigenvalue weighted by atomic mass is 9.96. The molecule has 0 aromatic rings. The van der Waals surface area contributed by atoms with Gasteiger partial charge in [-0.15, -0.1) is 0 Å². The third-order valence-electron chi connectivity index (χ3n) is 2.64. The number of amides is 1. The van der Waals surface area contributed by atoms with Gasteiger partial charge in [-0.2, -0.15) is 0 Å². The van der Waals surface area contributed by atoms with E-state index in [1.54, 1.807) is 0 Å². The number of piperazine rings is 1. The van der Waals surface area contributed by atoms with Crippen molar-refractivity contribution in [2.24, 2.45) is 11.8 Å². The third kappa shape index (κ3) is 2.44. The standard InChI is InChI=1S/C10H20N2O/c1-6(2)8-5-11-9(7(3)4)10(13)12-8/h6-9,11H,5H2,1-4H3,(H,12,13)/t8-,9+/m0/s1. The molecule has 0 radical (unpaired) electrons. The normalized spacial score (nSPS) is 29.5. The molecule has 0 aliphatic carbocycles. The first-order valence-electron chi connectivity index (χ1n) is 5.06. The Morgan fingerprint density at radius 1 is 1.23 bits per heavy atom. The summed E-state index contributed by atoms with van der Waals surface area (Å²) in [4.78, 5) is 11.6. The summed E-state index contributed by atoms with van der Waals surface area (Å²) < 4.78 is 0. The molecule has 1 aliphatic heterocycles. The summed E-state index contributed by atoms with van der Waals surface area (Å²) in [5.74, 6) is 1.03. The van der Waals surface area contributed by atoms with Crippen molar-refractivity contribution in [1.29, 1.82) is 0 Å². The first-order chi connectivity index (χ1) is 6.02. The average Bonchev–Trinajstić information content (AvgIpc) is 2.03. The maximum atomic E-state index is 11.6. The van der Waals surface area contributed by atoms with Crippen LogP contribution in [0, 0.1) is 11.8 Å². The Morgan fingerprint density at radius 2 is 1.85 bits per heavy atom. The first kappa shape index (κ1) is 10.5. The Kier molecular flexibility index (Phi) is 3.31. The van der Waals surface area contributed by atoms with E-state index in [9.17, 15) is 4.79 Å². The molecule has 2 N–H and O–H groups in total. The molecule has 1 amide bonds. The number of hydrogen-bond acceptors (Lipinski definition) is 2. The molecular formula is C10H20N2O. The van der Waals surface area contributed by atoms with E-state index in [4.69, 9.17) is 0 Å². The second-order valence-electron chi connectivity index (χ2n) is 4.49. The summed E-state index contributed by atoms with van der Waals surface area (Å²) in [7, 11) is 0. The minimum atomic E-state index is -0.00463. The Labute approximate surface area is 80.3 Å². The van der Waals surface area contributed by atoms with Crippen LogP contribution in [0.2, 0.25) is 0 Å². The summed E-state index contributed by atoms with van der Waals surface area (Å²) >= 11 is 0. The number of nitrogens with one attached hydrogen (secondary N) is 2. The molecule has 0 saturated carbocycles. The van der Waals surface area contributed by atoms with Crippen molar-refractivity contribution in [2.45, 2.75) is 39.8 Å². The van der Waals surface area contributed by atoms with Crippen molar-refractivity contribution >= 4 is 5.91 Å². The minimum absolute atomic E-state index is 0.00463. The number of hydrogen-bond donors (Lipinski definition) is 2. The molecule has 13 heavy (non-hydrogen) atoms. The highest BCUT2D eigenvalue weighted by Crippen LogP contribution is 2.10. The van der Waals surface area contributed by atoms with E-state index in [1.807, 2.05) is 0 Å². The molecule has 3 heteroatoms. The molecule has 2 atom stereocenters. The first-order valence-corrected chi connectivity index (χ1v) is 5.06. The lowest BCUT2D eigenvalue weighted by molar-refractivity contribution is -0.127. The highest BCUT2D eigenvalue weighted by Gasteiger charge is 2.30. The van der Waals surface area contributed by atoms with Crippen molar-refractivity contribution in [2.75, 3.05) is 6.54 Å². The quantitative estimate of drug-likeness (QED) is 0.665. The molecule has 1 fully saturated rings. The van der Waals surface area contributed by atoms with E-state index >= 15 is 0 Å². The highest BCUT2D eigenvalue weighted by molar-refractivity contribution is 5.83. The maximum absolute atomic E-state index is 11.6. The van der Waals surface area contributed by atoms with Crippen molar-refractivity contribution in [3.63, 3.8) is 0 Å². The van der Waals surface area contributed by atoms with Gasteiger partial charge in [0.05, 0.1) is 6.04 Å². The van der Waals surface area contributed by atoms with Gasteiger partial charge < -0.3 is 10.6 Å².